The van der Waals surface area contributed by atoms with Crippen LogP contribution in [0.3, 0.4) is 0 Å². The zero-order valence-corrected chi connectivity index (χ0v) is 14.3. The predicted octanol–water partition coefficient (Wildman–Crippen LogP) is 2.81. The number of aromatic nitrogens is 3. The van der Waals surface area contributed by atoms with Gasteiger partial charge in [0.2, 0.25) is 0 Å². The summed E-state index contributed by atoms with van der Waals surface area (Å²) in [7, 11) is 0. The highest BCUT2D eigenvalue weighted by Crippen LogP contribution is 2.25. The summed E-state index contributed by atoms with van der Waals surface area (Å²) in [6.07, 6.45) is 2.23. The van der Waals surface area contributed by atoms with Crippen LogP contribution in [0, 0.1) is 11.7 Å². The summed E-state index contributed by atoms with van der Waals surface area (Å²) < 4.78 is 20.4. The van der Waals surface area contributed by atoms with Crippen molar-refractivity contribution in [2.75, 3.05) is 19.0 Å². The number of rotatable bonds is 6. The predicted molar refractivity (Wildman–Crippen MR) is 90.7 cm³/mol. The molecule has 1 unspecified atom stereocenters. The van der Waals surface area contributed by atoms with Crippen molar-refractivity contribution in [2.45, 2.75) is 24.5 Å². The first-order chi connectivity index (χ1) is 10.8. The molecule has 23 heavy (non-hydrogen) atoms. The maximum Gasteiger partial charge on any atom is 0.195 e. The van der Waals surface area contributed by atoms with Gasteiger partial charge in [-0.3, -0.25) is 4.57 Å². The lowest BCUT2D eigenvalue weighted by atomic mass is 10.1. The first-order valence-corrected chi connectivity index (χ1v) is 8.37. The summed E-state index contributed by atoms with van der Waals surface area (Å²) in [6.45, 7) is 2.03. The minimum absolute atomic E-state index is 0. The Kier molecular flexibility index (Phi) is 6.83. The molecule has 0 aliphatic carbocycles. The molecule has 126 valence electrons. The van der Waals surface area contributed by atoms with E-state index in [0.29, 0.717) is 18.3 Å². The molecule has 0 bridgehead atoms. The largest absolute Gasteiger partial charge is 0.381 e. The summed E-state index contributed by atoms with van der Waals surface area (Å²) in [4.78, 5) is 0. The zero-order valence-electron chi connectivity index (χ0n) is 12.7. The minimum Gasteiger partial charge on any atom is -0.381 e. The number of halogens is 2. The third-order valence-corrected chi connectivity index (χ3v) is 4.71. The smallest absolute Gasteiger partial charge is 0.195 e. The van der Waals surface area contributed by atoms with Crippen molar-refractivity contribution in [3.8, 4) is 5.69 Å². The number of ether oxygens (including phenoxy) is 1. The van der Waals surface area contributed by atoms with Gasteiger partial charge in [-0.25, -0.2) is 4.39 Å². The highest BCUT2D eigenvalue weighted by Gasteiger charge is 2.17. The van der Waals surface area contributed by atoms with Gasteiger partial charge in [0.1, 0.15) is 5.82 Å². The molecule has 1 aliphatic heterocycles. The van der Waals surface area contributed by atoms with Gasteiger partial charge in [-0.05, 0) is 43.0 Å². The van der Waals surface area contributed by atoms with Gasteiger partial charge in [0, 0.05) is 24.7 Å². The molecule has 0 saturated carbocycles. The van der Waals surface area contributed by atoms with E-state index in [9.17, 15) is 4.39 Å². The van der Waals surface area contributed by atoms with E-state index in [1.165, 1.54) is 12.1 Å². The molecule has 2 N–H and O–H groups in total. The van der Waals surface area contributed by atoms with Gasteiger partial charge < -0.3 is 10.5 Å². The number of thioether (sulfide) groups is 1. The molecule has 0 radical (unpaired) electrons. The molecular weight excluding hydrogens is 339 g/mol. The van der Waals surface area contributed by atoms with Crippen molar-refractivity contribution in [1.29, 1.82) is 0 Å². The van der Waals surface area contributed by atoms with Crippen LogP contribution in [0.25, 0.3) is 5.69 Å². The quantitative estimate of drug-likeness (QED) is 0.804. The lowest BCUT2D eigenvalue weighted by molar-refractivity contribution is 0.185. The van der Waals surface area contributed by atoms with Gasteiger partial charge in [0.25, 0.3) is 0 Å². The summed E-state index contributed by atoms with van der Waals surface area (Å²) in [5.74, 6) is 2.02. The Balaban J connectivity index is 0.00000192. The number of benzene rings is 1. The van der Waals surface area contributed by atoms with Gasteiger partial charge in [0.15, 0.2) is 11.0 Å². The lowest BCUT2D eigenvalue weighted by Crippen LogP contribution is -2.08. The fourth-order valence-electron chi connectivity index (χ4n) is 2.50. The van der Waals surface area contributed by atoms with Gasteiger partial charge in [-0.2, -0.15) is 0 Å². The molecule has 5 nitrogen and oxygen atoms in total. The second-order valence-corrected chi connectivity index (χ2v) is 6.34. The van der Waals surface area contributed by atoms with E-state index in [1.807, 2.05) is 4.57 Å². The van der Waals surface area contributed by atoms with Crippen molar-refractivity contribution in [1.82, 2.24) is 14.8 Å². The topological polar surface area (TPSA) is 66.0 Å². The van der Waals surface area contributed by atoms with Gasteiger partial charge >= 0.3 is 0 Å². The molecule has 2 aromatic rings. The standard InChI is InChI=1S/C15H19FN4OS.ClH/c16-12-1-3-13(4-2-12)20-14(9-17)18-19-15(20)22-8-6-11-5-7-21-10-11;/h1-4,11H,5-10,17H2;1H. The molecule has 3 rings (SSSR count). The van der Waals surface area contributed by atoms with Crippen LogP contribution in [0.15, 0.2) is 29.4 Å². The van der Waals surface area contributed by atoms with Gasteiger partial charge in [0.05, 0.1) is 6.54 Å². The minimum atomic E-state index is -0.262. The maximum absolute atomic E-state index is 13.1. The van der Waals surface area contributed by atoms with Crippen LogP contribution in [-0.2, 0) is 11.3 Å². The number of hydrogen-bond donors (Lipinski definition) is 1. The molecule has 1 saturated heterocycles. The molecule has 0 spiro atoms. The Bertz CT molecular complexity index is 616. The maximum atomic E-state index is 13.1. The van der Waals surface area contributed by atoms with E-state index in [1.54, 1.807) is 23.9 Å². The van der Waals surface area contributed by atoms with Crippen LogP contribution >= 0.6 is 24.2 Å². The van der Waals surface area contributed by atoms with E-state index >= 15 is 0 Å². The summed E-state index contributed by atoms with van der Waals surface area (Å²) in [5, 5.41) is 9.15. The van der Waals surface area contributed by atoms with Gasteiger partial charge in [-0.15, -0.1) is 22.6 Å². The van der Waals surface area contributed by atoms with Crippen LogP contribution in [0.1, 0.15) is 18.7 Å². The van der Waals surface area contributed by atoms with Crippen molar-refractivity contribution >= 4 is 24.2 Å². The van der Waals surface area contributed by atoms with Crippen molar-refractivity contribution in [2.24, 2.45) is 11.7 Å². The van der Waals surface area contributed by atoms with E-state index in [4.69, 9.17) is 10.5 Å². The molecule has 1 aliphatic rings. The van der Waals surface area contributed by atoms with Crippen LogP contribution < -0.4 is 5.73 Å². The van der Waals surface area contributed by atoms with Crippen LogP contribution in [0.5, 0.6) is 0 Å². The molecular formula is C15H20ClFN4OS. The second-order valence-electron chi connectivity index (χ2n) is 5.28. The fourth-order valence-corrected chi connectivity index (χ4v) is 3.58. The molecule has 1 aromatic heterocycles. The number of hydrogen-bond acceptors (Lipinski definition) is 5. The summed E-state index contributed by atoms with van der Waals surface area (Å²) >= 11 is 1.65. The second kappa shape index (κ2) is 8.63. The molecule has 1 atom stereocenters. The zero-order chi connectivity index (χ0) is 15.4. The lowest BCUT2D eigenvalue weighted by Gasteiger charge is -2.10. The van der Waals surface area contributed by atoms with Gasteiger partial charge in [-0.1, -0.05) is 11.8 Å². The Morgan fingerprint density at radius 3 is 2.74 bits per heavy atom. The molecule has 2 heterocycles. The third-order valence-electron chi connectivity index (χ3n) is 3.75. The number of nitrogens with zero attached hydrogens (tertiary/aromatic N) is 3. The van der Waals surface area contributed by atoms with Crippen LogP contribution in [0.2, 0.25) is 0 Å². The highest BCUT2D eigenvalue weighted by molar-refractivity contribution is 7.99. The molecule has 0 amide bonds. The monoisotopic (exact) mass is 358 g/mol. The molecule has 1 aromatic carbocycles. The third kappa shape index (κ3) is 4.44. The van der Waals surface area contributed by atoms with Crippen LogP contribution in [0.4, 0.5) is 4.39 Å². The summed E-state index contributed by atoms with van der Waals surface area (Å²) in [5.41, 5.74) is 6.57. The first-order valence-electron chi connectivity index (χ1n) is 7.39. The van der Waals surface area contributed by atoms with Crippen molar-refractivity contribution < 1.29 is 9.13 Å². The van der Waals surface area contributed by atoms with Crippen LogP contribution in [-0.4, -0.2) is 33.7 Å². The van der Waals surface area contributed by atoms with E-state index in [2.05, 4.69) is 10.2 Å². The average Bonchev–Trinajstić information content (AvgIpc) is 3.18. The normalized spacial score (nSPS) is 17.2. The average molecular weight is 359 g/mol. The van der Waals surface area contributed by atoms with Crippen molar-refractivity contribution in [3.63, 3.8) is 0 Å². The van der Waals surface area contributed by atoms with E-state index in [0.717, 1.165) is 42.7 Å². The van der Waals surface area contributed by atoms with E-state index in [-0.39, 0.29) is 18.2 Å². The Hall–Kier alpha value is -1.15. The number of nitrogens with two attached hydrogens (primary N) is 1. The SMILES string of the molecule is Cl.NCc1nnc(SCCC2CCOC2)n1-c1ccc(F)cc1. The molecule has 8 heteroatoms. The Morgan fingerprint density at radius 2 is 2.09 bits per heavy atom. The molecule has 1 fully saturated rings. The fraction of sp³-hybridized carbons (Fsp3) is 0.467. The summed E-state index contributed by atoms with van der Waals surface area (Å²) in [6, 6.07) is 6.29. The Morgan fingerprint density at radius 1 is 1.30 bits per heavy atom. The first kappa shape index (κ1) is 18.2. The Labute approximate surface area is 145 Å². The van der Waals surface area contributed by atoms with E-state index < -0.39 is 0 Å². The van der Waals surface area contributed by atoms with Crippen molar-refractivity contribution in [3.05, 3.63) is 35.9 Å². The highest BCUT2D eigenvalue weighted by atomic mass is 35.5.